The Labute approximate surface area is 131 Å². The predicted molar refractivity (Wildman–Crippen MR) is 93.6 cm³/mol. The first-order valence-corrected chi connectivity index (χ1v) is 10.3. The van der Waals surface area contributed by atoms with Crippen molar-refractivity contribution in [3.63, 3.8) is 0 Å². The standard InChI is InChI=1S/C18H30O2Si/c1-6-13-21(19-5,14-7-2)20-18(9-4)17-12-10-11-16(8-3)15-17/h8,10-12,15,18H,3,6-7,9,13-14H2,1-2,4-5H3. The lowest BCUT2D eigenvalue weighted by atomic mass is 10.0. The highest BCUT2D eigenvalue weighted by Gasteiger charge is 2.37. The van der Waals surface area contributed by atoms with Crippen LogP contribution in [0.4, 0.5) is 0 Å². The minimum absolute atomic E-state index is 0.120. The summed E-state index contributed by atoms with van der Waals surface area (Å²) in [5.74, 6) is 0. The summed E-state index contributed by atoms with van der Waals surface area (Å²) < 4.78 is 12.5. The van der Waals surface area contributed by atoms with Crippen LogP contribution < -0.4 is 0 Å². The third-order valence-electron chi connectivity index (χ3n) is 3.88. The van der Waals surface area contributed by atoms with Gasteiger partial charge >= 0.3 is 8.56 Å². The zero-order chi connectivity index (χ0) is 15.7. The Morgan fingerprint density at radius 3 is 2.33 bits per heavy atom. The van der Waals surface area contributed by atoms with Crippen LogP contribution in [0.1, 0.15) is 57.3 Å². The fraction of sp³-hybridized carbons (Fsp3) is 0.556. The monoisotopic (exact) mass is 306 g/mol. The summed E-state index contributed by atoms with van der Waals surface area (Å²) in [6, 6.07) is 10.6. The molecule has 3 heteroatoms. The summed E-state index contributed by atoms with van der Waals surface area (Å²) >= 11 is 0. The average Bonchev–Trinajstić information content (AvgIpc) is 2.53. The van der Waals surface area contributed by atoms with Crippen LogP contribution in [0.2, 0.25) is 12.1 Å². The molecule has 0 aliphatic carbocycles. The molecule has 118 valence electrons. The zero-order valence-electron chi connectivity index (χ0n) is 14.0. The Bertz CT molecular complexity index is 425. The van der Waals surface area contributed by atoms with Crippen LogP contribution in [-0.2, 0) is 8.85 Å². The van der Waals surface area contributed by atoms with Gasteiger partial charge in [-0.05, 0) is 35.7 Å². The van der Waals surface area contributed by atoms with Gasteiger partial charge in [-0.15, -0.1) is 0 Å². The second-order valence-electron chi connectivity index (χ2n) is 5.50. The average molecular weight is 307 g/mol. The molecule has 0 amide bonds. The lowest BCUT2D eigenvalue weighted by molar-refractivity contribution is 0.124. The first kappa shape index (κ1) is 18.1. The second kappa shape index (κ2) is 9.18. The van der Waals surface area contributed by atoms with E-state index in [1.54, 1.807) is 0 Å². The molecular weight excluding hydrogens is 276 g/mol. The topological polar surface area (TPSA) is 18.5 Å². The van der Waals surface area contributed by atoms with Crippen LogP contribution in [0, 0.1) is 0 Å². The molecule has 0 aliphatic rings. The van der Waals surface area contributed by atoms with Crippen molar-refractivity contribution in [3.05, 3.63) is 42.0 Å². The molecule has 1 unspecified atom stereocenters. The molecule has 0 fully saturated rings. The first-order valence-electron chi connectivity index (χ1n) is 8.10. The van der Waals surface area contributed by atoms with Gasteiger partial charge in [0.1, 0.15) is 0 Å². The first-order chi connectivity index (χ1) is 10.1. The fourth-order valence-electron chi connectivity index (χ4n) is 2.79. The van der Waals surface area contributed by atoms with Gasteiger partial charge in [0.05, 0.1) is 6.10 Å². The Morgan fingerprint density at radius 2 is 1.86 bits per heavy atom. The number of rotatable bonds is 10. The van der Waals surface area contributed by atoms with E-state index in [1.165, 1.54) is 5.56 Å². The van der Waals surface area contributed by atoms with E-state index in [1.807, 2.05) is 13.2 Å². The van der Waals surface area contributed by atoms with Gasteiger partial charge in [0, 0.05) is 7.11 Å². The highest BCUT2D eigenvalue weighted by molar-refractivity contribution is 6.67. The zero-order valence-corrected chi connectivity index (χ0v) is 15.0. The quantitative estimate of drug-likeness (QED) is 0.516. The normalized spacial score (nSPS) is 13.1. The summed E-state index contributed by atoms with van der Waals surface area (Å²) in [5.41, 5.74) is 2.38. The van der Waals surface area contributed by atoms with E-state index in [9.17, 15) is 0 Å². The summed E-state index contributed by atoms with van der Waals surface area (Å²) in [7, 11) is -0.266. The third kappa shape index (κ3) is 5.10. The SMILES string of the molecule is C=Cc1cccc(C(CC)O[Si](CCC)(CCC)OC)c1. The molecule has 0 aliphatic heterocycles. The van der Waals surface area contributed by atoms with Crippen LogP contribution in [0.5, 0.6) is 0 Å². The van der Waals surface area contributed by atoms with Crippen LogP contribution in [0.25, 0.3) is 6.08 Å². The van der Waals surface area contributed by atoms with E-state index in [4.69, 9.17) is 8.85 Å². The molecule has 0 N–H and O–H groups in total. The molecule has 0 saturated carbocycles. The Morgan fingerprint density at radius 1 is 1.19 bits per heavy atom. The molecule has 21 heavy (non-hydrogen) atoms. The Hall–Kier alpha value is -0.903. The molecule has 1 aromatic carbocycles. The molecular formula is C18H30O2Si. The van der Waals surface area contributed by atoms with E-state index in [0.717, 1.165) is 36.9 Å². The highest BCUT2D eigenvalue weighted by Crippen LogP contribution is 2.32. The van der Waals surface area contributed by atoms with E-state index < -0.39 is 8.56 Å². The van der Waals surface area contributed by atoms with Crippen LogP contribution >= 0.6 is 0 Å². The van der Waals surface area contributed by atoms with Gasteiger partial charge in [-0.1, -0.05) is 64.5 Å². The molecule has 1 aromatic rings. The van der Waals surface area contributed by atoms with Crippen molar-refractivity contribution in [2.24, 2.45) is 0 Å². The van der Waals surface area contributed by atoms with Crippen molar-refractivity contribution in [1.82, 2.24) is 0 Å². The molecule has 0 radical (unpaired) electrons. The number of hydrogen-bond donors (Lipinski definition) is 0. The maximum Gasteiger partial charge on any atom is 0.338 e. The van der Waals surface area contributed by atoms with Crippen LogP contribution in [0.15, 0.2) is 30.8 Å². The van der Waals surface area contributed by atoms with E-state index >= 15 is 0 Å². The van der Waals surface area contributed by atoms with Crippen LogP contribution in [-0.4, -0.2) is 15.7 Å². The molecule has 0 aromatic heterocycles. The molecule has 0 bridgehead atoms. The maximum absolute atomic E-state index is 6.59. The summed E-state index contributed by atoms with van der Waals surface area (Å²) in [5, 5.41) is 0. The molecule has 1 atom stereocenters. The van der Waals surface area contributed by atoms with Crippen molar-refractivity contribution >= 4 is 14.6 Å². The molecule has 0 saturated heterocycles. The molecule has 2 nitrogen and oxygen atoms in total. The van der Waals surface area contributed by atoms with Gasteiger partial charge < -0.3 is 8.85 Å². The van der Waals surface area contributed by atoms with Gasteiger partial charge in [-0.2, -0.15) is 0 Å². The smallest absolute Gasteiger partial charge is 0.338 e. The van der Waals surface area contributed by atoms with Gasteiger partial charge in [0.15, 0.2) is 0 Å². The third-order valence-corrected chi connectivity index (χ3v) is 7.86. The number of hydrogen-bond acceptors (Lipinski definition) is 2. The van der Waals surface area contributed by atoms with Crippen LogP contribution in [0.3, 0.4) is 0 Å². The number of benzene rings is 1. The maximum atomic E-state index is 6.59. The van der Waals surface area contributed by atoms with Crippen molar-refractivity contribution < 1.29 is 8.85 Å². The lowest BCUT2D eigenvalue weighted by Crippen LogP contribution is -2.41. The van der Waals surface area contributed by atoms with Crippen molar-refractivity contribution in [2.45, 2.75) is 58.2 Å². The van der Waals surface area contributed by atoms with Gasteiger partial charge in [-0.25, -0.2) is 0 Å². The van der Waals surface area contributed by atoms with E-state index in [-0.39, 0.29) is 6.10 Å². The van der Waals surface area contributed by atoms with Crippen molar-refractivity contribution in [3.8, 4) is 0 Å². The minimum atomic E-state index is -2.09. The molecule has 0 spiro atoms. The van der Waals surface area contributed by atoms with Gasteiger partial charge in [0.25, 0.3) is 0 Å². The summed E-state index contributed by atoms with van der Waals surface area (Å²) in [6.45, 7) is 10.4. The van der Waals surface area contributed by atoms with E-state index in [2.05, 4.69) is 51.6 Å². The van der Waals surface area contributed by atoms with Gasteiger partial charge in [-0.3, -0.25) is 0 Å². The predicted octanol–water partition coefficient (Wildman–Crippen LogP) is 5.71. The minimum Gasteiger partial charge on any atom is -0.398 e. The van der Waals surface area contributed by atoms with Crippen molar-refractivity contribution in [2.75, 3.05) is 7.11 Å². The summed E-state index contributed by atoms with van der Waals surface area (Å²) in [6.07, 6.45) is 5.20. The van der Waals surface area contributed by atoms with E-state index in [0.29, 0.717) is 0 Å². The lowest BCUT2D eigenvalue weighted by Gasteiger charge is -2.33. The highest BCUT2D eigenvalue weighted by atomic mass is 28.4. The fourth-order valence-corrected chi connectivity index (χ4v) is 6.12. The largest absolute Gasteiger partial charge is 0.398 e. The Kier molecular flexibility index (Phi) is 7.94. The molecule has 0 heterocycles. The molecule has 1 rings (SSSR count). The van der Waals surface area contributed by atoms with Gasteiger partial charge in [0.2, 0.25) is 0 Å². The summed E-state index contributed by atoms with van der Waals surface area (Å²) in [4.78, 5) is 0. The van der Waals surface area contributed by atoms with Crippen molar-refractivity contribution in [1.29, 1.82) is 0 Å². The second-order valence-corrected chi connectivity index (χ2v) is 8.97. The Balaban J connectivity index is 2.98.